The van der Waals surface area contributed by atoms with Gasteiger partial charge in [-0.1, -0.05) is 66.7 Å². The molecule has 1 aliphatic heterocycles. The average molecular weight is 557 g/mol. The molecule has 0 saturated carbocycles. The Morgan fingerprint density at radius 3 is 2.31 bits per heavy atom. The molecule has 5 aromatic rings. The van der Waals surface area contributed by atoms with Crippen LogP contribution in [0.3, 0.4) is 0 Å². The highest BCUT2D eigenvalue weighted by Gasteiger charge is 2.21. The Bertz CT molecular complexity index is 1710. The fourth-order valence-corrected chi connectivity index (χ4v) is 5.58. The van der Waals surface area contributed by atoms with Crippen LogP contribution in [-0.4, -0.2) is 47.0 Å². The van der Waals surface area contributed by atoms with Crippen LogP contribution in [0.15, 0.2) is 91.0 Å². The molecule has 1 saturated heterocycles. The third-order valence-corrected chi connectivity index (χ3v) is 7.97. The van der Waals surface area contributed by atoms with Gasteiger partial charge in [-0.15, -0.1) is 0 Å². The Morgan fingerprint density at radius 1 is 0.833 bits per heavy atom. The third-order valence-electron chi connectivity index (χ3n) is 7.97. The number of anilines is 4. The van der Waals surface area contributed by atoms with Crippen molar-refractivity contribution in [2.75, 3.05) is 36.1 Å². The maximum absolute atomic E-state index is 13.6. The lowest BCUT2D eigenvalue weighted by molar-refractivity contribution is 0.102. The quantitative estimate of drug-likeness (QED) is 0.194. The molecule has 1 aliphatic rings. The van der Waals surface area contributed by atoms with Crippen molar-refractivity contribution >= 4 is 39.8 Å². The second kappa shape index (κ2) is 12.0. The minimum atomic E-state index is -0.136. The molecule has 1 aromatic heterocycles. The summed E-state index contributed by atoms with van der Waals surface area (Å²) in [6, 6.07) is 30.3. The molecule has 1 fully saturated rings. The van der Waals surface area contributed by atoms with Gasteiger partial charge in [0.25, 0.3) is 5.91 Å². The Hall–Kier alpha value is -4.75. The van der Waals surface area contributed by atoms with Crippen LogP contribution in [0.4, 0.5) is 23.0 Å². The molecule has 3 N–H and O–H groups in total. The monoisotopic (exact) mass is 556 g/mol. The molecule has 0 aliphatic carbocycles. The van der Waals surface area contributed by atoms with Crippen molar-refractivity contribution in [2.45, 2.75) is 32.7 Å². The van der Waals surface area contributed by atoms with Gasteiger partial charge in [0.2, 0.25) is 5.95 Å². The summed E-state index contributed by atoms with van der Waals surface area (Å²) in [5.41, 5.74) is 7.90. The van der Waals surface area contributed by atoms with E-state index in [1.807, 2.05) is 86.6 Å². The smallest absolute Gasteiger partial charge is 0.257 e. The van der Waals surface area contributed by atoms with Crippen molar-refractivity contribution < 1.29 is 4.79 Å². The SMILES string of the molecule is Cc1cccc(C)c1NC(=O)c1ccc(Nc2nc(-c3ccccc3)c3ccccc3n2)cc1NC1CCN(C)CC1. The summed E-state index contributed by atoms with van der Waals surface area (Å²) in [7, 11) is 2.15. The number of aromatic nitrogens is 2. The minimum absolute atomic E-state index is 0.136. The lowest BCUT2D eigenvalue weighted by Crippen LogP contribution is -2.37. The zero-order valence-corrected chi connectivity index (χ0v) is 24.3. The number of hydrogen-bond acceptors (Lipinski definition) is 6. The first-order valence-corrected chi connectivity index (χ1v) is 14.5. The average Bonchev–Trinajstić information content (AvgIpc) is 3.00. The first-order valence-electron chi connectivity index (χ1n) is 14.5. The molecule has 0 atom stereocenters. The second-order valence-electron chi connectivity index (χ2n) is 11.1. The summed E-state index contributed by atoms with van der Waals surface area (Å²) in [6.07, 6.45) is 2.03. The van der Waals surface area contributed by atoms with Crippen LogP contribution < -0.4 is 16.0 Å². The zero-order chi connectivity index (χ0) is 29.1. The molecule has 0 bridgehead atoms. The number of carbonyl (C=O) groups excluding carboxylic acids is 1. The summed E-state index contributed by atoms with van der Waals surface area (Å²) in [6.45, 7) is 6.07. The number of carbonyl (C=O) groups is 1. The Balaban J connectivity index is 1.34. The number of nitrogens with one attached hydrogen (secondary N) is 3. The number of para-hydroxylation sites is 2. The predicted molar refractivity (Wildman–Crippen MR) is 173 cm³/mol. The summed E-state index contributed by atoms with van der Waals surface area (Å²) in [5.74, 6) is 0.369. The van der Waals surface area contributed by atoms with E-state index >= 15 is 0 Å². The Morgan fingerprint density at radius 2 is 1.55 bits per heavy atom. The number of piperidine rings is 1. The second-order valence-corrected chi connectivity index (χ2v) is 11.1. The predicted octanol–water partition coefficient (Wildman–Crippen LogP) is 7.42. The van der Waals surface area contributed by atoms with Gasteiger partial charge in [-0.3, -0.25) is 4.79 Å². The van der Waals surface area contributed by atoms with Crippen molar-refractivity contribution in [3.8, 4) is 11.3 Å². The van der Waals surface area contributed by atoms with E-state index in [0.717, 1.165) is 76.3 Å². The molecule has 2 heterocycles. The lowest BCUT2D eigenvalue weighted by Gasteiger charge is -2.30. The van der Waals surface area contributed by atoms with Crippen molar-refractivity contribution in [2.24, 2.45) is 0 Å². The lowest BCUT2D eigenvalue weighted by atomic mass is 10.0. The van der Waals surface area contributed by atoms with E-state index in [4.69, 9.17) is 9.97 Å². The highest BCUT2D eigenvalue weighted by Crippen LogP contribution is 2.31. The van der Waals surface area contributed by atoms with Gasteiger partial charge in [0.15, 0.2) is 0 Å². The van der Waals surface area contributed by atoms with Gasteiger partial charge < -0.3 is 20.9 Å². The number of likely N-dealkylation sites (tertiary alicyclic amines) is 1. The fourth-order valence-electron chi connectivity index (χ4n) is 5.58. The van der Waals surface area contributed by atoms with Crippen LogP contribution in [0.1, 0.15) is 34.3 Å². The molecule has 42 heavy (non-hydrogen) atoms. The molecule has 212 valence electrons. The Labute approximate surface area is 247 Å². The van der Waals surface area contributed by atoms with Crippen molar-refractivity contribution in [3.05, 3.63) is 108 Å². The van der Waals surface area contributed by atoms with E-state index in [2.05, 4.69) is 46.1 Å². The molecule has 1 amide bonds. The van der Waals surface area contributed by atoms with Gasteiger partial charge in [0.05, 0.1) is 16.8 Å². The van der Waals surface area contributed by atoms with E-state index in [9.17, 15) is 4.79 Å². The summed E-state index contributed by atoms with van der Waals surface area (Å²) in [5, 5.41) is 11.3. The maximum Gasteiger partial charge on any atom is 0.257 e. The molecule has 7 heteroatoms. The Kier molecular flexibility index (Phi) is 7.84. The number of hydrogen-bond donors (Lipinski definition) is 3. The van der Waals surface area contributed by atoms with Gasteiger partial charge in [-0.25, -0.2) is 9.97 Å². The fraction of sp³-hybridized carbons (Fsp3) is 0.229. The number of fused-ring (bicyclic) bond motifs is 1. The van der Waals surface area contributed by atoms with Gasteiger partial charge in [0.1, 0.15) is 0 Å². The minimum Gasteiger partial charge on any atom is -0.382 e. The van der Waals surface area contributed by atoms with Crippen molar-refractivity contribution in [1.82, 2.24) is 14.9 Å². The van der Waals surface area contributed by atoms with E-state index in [-0.39, 0.29) is 11.9 Å². The first kappa shape index (κ1) is 27.4. The number of aryl methyl sites for hydroxylation is 2. The van der Waals surface area contributed by atoms with E-state index < -0.39 is 0 Å². The highest BCUT2D eigenvalue weighted by atomic mass is 16.1. The molecular formula is C35H36N6O. The molecule has 7 nitrogen and oxygen atoms in total. The summed E-state index contributed by atoms with van der Waals surface area (Å²) in [4.78, 5) is 25.7. The normalized spacial score (nSPS) is 14.1. The number of benzene rings is 4. The van der Waals surface area contributed by atoms with Crippen LogP contribution in [0.25, 0.3) is 22.2 Å². The molecule has 4 aromatic carbocycles. The van der Waals surface area contributed by atoms with Crippen molar-refractivity contribution in [3.63, 3.8) is 0 Å². The van der Waals surface area contributed by atoms with Crippen molar-refractivity contribution in [1.29, 1.82) is 0 Å². The van der Waals surface area contributed by atoms with E-state index in [1.54, 1.807) is 0 Å². The van der Waals surface area contributed by atoms with Crippen LogP contribution in [0.5, 0.6) is 0 Å². The van der Waals surface area contributed by atoms with Crippen LogP contribution >= 0.6 is 0 Å². The van der Waals surface area contributed by atoms with Gasteiger partial charge in [-0.05, 0) is 82.2 Å². The van der Waals surface area contributed by atoms with Crippen LogP contribution in [-0.2, 0) is 0 Å². The molecule has 0 radical (unpaired) electrons. The van der Waals surface area contributed by atoms with E-state index in [0.29, 0.717) is 11.5 Å². The van der Waals surface area contributed by atoms with Gasteiger partial charge in [-0.2, -0.15) is 0 Å². The number of amides is 1. The zero-order valence-electron chi connectivity index (χ0n) is 24.3. The third kappa shape index (κ3) is 5.97. The topological polar surface area (TPSA) is 82.2 Å². The maximum atomic E-state index is 13.6. The highest BCUT2D eigenvalue weighted by molar-refractivity contribution is 6.09. The summed E-state index contributed by atoms with van der Waals surface area (Å²) < 4.78 is 0. The first-order chi connectivity index (χ1) is 20.4. The molecule has 0 spiro atoms. The van der Waals surface area contributed by atoms with Crippen LogP contribution in [0, 0.1) is 13.8 Å². The standard InChI is InChI=1S/C35H36N6O/c1-23-10-9-11-24(2)32(23)39-34(42)29-17-16-27(22-31(29)36-26-18-20-41(3)21-19-26)37-35-38-30-15-8-7-14-28(30)33(40-35)25-12-5-4-6-13-25/h4-17,22,26,36H,18-21H2,1-3H3,(H,39,42)(H,37,38,40). The van der Waals surface area contributed by atoms with Gasteiger partial charge >= 0.3 is 0 Å². The largest absolute Gasteiger partial charge is 0.382 e. The molecule has 0 unspecified atom stereocenters. The number of rotatable bonds is 7. The van der Waals surface area contributed by atoms with E-state index in [1.165, 1.54) is 0 Å². The molecule has 6 rings (SSSR count). The van der Waals surface area contributed by atoms with Gasteiger partial charge in [0, 0.05) is 34.1 Å². The molecular weight excluding hydrogens is 520 g/mol. The summed E-state index contributed by atoms with van der Waals surface area (Å²) >= 11 is 0. The van der Waals surface area contributed by atoms with Crippen LogP contribution in [0.2, 0.25) is 0 Å². The number of nitrogens with zero attached hydrogens (tertiary/aromatic N) is 3.